The first-order valence-corrected chi connectivity index (χ1v) is 7.81. The molecule has 2 fully saturated rings. The summed E-state index contributed by atoms with van der Waals surface area (Å²) in [5.74, 6) is 0.964. The zero-order chi connectivity index (χ0) is 12.5. The second-order valence-corrected chi connectivity index (χ2v) is 6.58. The number of benzene rings is 1. The second kappa shape index (κ2) is 5.22. The number of anilines is 1. The van der Waals surface area contributed by atoms with Crippen molar-refractivity contribution in [2.75, 3.05) is 12.3 Å². The summed E-state index contributed by atoms with van der Waals surface area (Å²) in [4.78, 5) is 2.68. The van der Waals surface area contributed by atoms with Gasteiger partial charge in [0.15, 0.2) is 0 Å². The van der Waals surface area contributed by atoms with Crippen LogP contribution in [0.15, 0.2) is 22.7 Å². The fraction of sp³-hybridized carbons (Fsp3) is 0.600. The van der Waals surface area contributed by atoms with E-state index >= 15 is 0 Å². The van der Waals surface area contributed by atoms with Crippen molar-refractivity contribution >= 4 is 21.6 Å². The van der Waals surface area contributed by atoms with Crippen LogP contribution >= 0.6 is 15.9 Å². The van der Waals surface area contributed by atoms with E-state index in [0.717, 1.165) is 28.7 Å². The molecule has 3 rings (SSSR count). The smallest absolute Gasteiger partial charge is 0.0325 e. The molecule has 1 aromatic carbocycles. The van der Waals surface area contributed by atoms with E-state index in [4.69, 9.17) is 5.73 Å². The fourth-order valence-corrected chi connectivity index (χ4v) is 4.13. The maximum Gasteiger partial charge on any atom is 0.0325 e. The Balaban J connectivity index is 1.72. The van der Waals surface area contributed by atoms with Crippen molar-refractivity contribution in [3.8, 4) is 0 Å². The van der Waals surface area contributed by atoms with E-state index in [1.165, 1.54) is 44.2 Å². The van der Waals surface area contributed by atoms with Crippen molar-refractivity contribution in [1.82, 2.24) is 4.90 Å². The van der Waals surface area contributed by atoms with E-state index in [9.17, 15) is 0 Å². The first-order valence-electron chi connectivity index (χ1n) is 7.02. The number of nitrogens with two attached hydrogens (primary N) is 1. The molecule has 0 amide bonds. The van der Waals surface area contributed by atoms with Gasteiger partial charge in [0.25, 0.3) is 0 Å². The molecule has 0 spiro atoms. The van der Waals surface area contributed by atoms with Crippen molar-refractivity contribution in [1.29, 1.82) is 0 Å². The molecule has 1 aliphatic carbocycles. The third kappa shape index (κ3) is 2.43. The summed E-state index contributed by atoms with van der Waals surface area (Å²) in [7, 11) is 0. The minimum atomic E-state index is 0.836. The molecule has 98 valence electrons. The Morgan fingerprint density at radius 2 is 2.06 bits per heavy atom. The van der Waals surface area contributed by atoms with E-state index in [0.29, 0.717) is 0 Å². The van der Waals surface area contributed by atoms with Gasteiger partial charge in [-0.2, -0.15) is 0 Å². The highest BCUT2D eigenvalue weighted by Gasteiger charge is 2.35. The molecule has 1 saturated carbocycles. The fourth-order valence-electron chi connectivity index (χ4n) is 3.61. The van der Waals surface area contributed by atoms with Crippen molar-refractivity contribution in [2.45, 2.75) is 44.7 Å². The Kier molecular flexibility index (Phi) is 3.62. The molecule has 2 atom stereocenters. The Labute approximate surface area is 118 Å². The molecule has 1 aromatic rings. The van der Waals surface area contributed by atoms with Crippen LogP contribution in [0.5, 0.6) is 0 Å². The van der Waals surface area contributed by atoms with Gasteiger partial charge in [-0.05, 0) is 49.4 Å². The maximum absolute atomic E-state index is 5.80. The molecule has 2 nitrogen and oxygen atoms in total. The molecule has 1 saturated heterocycles. The SMILES string of the molecule is Nc1ccc(CN2CCC3CCCCC32)c(Br)c1. The second-order valence-electron chi connectivity index (χ2n) is 5.72. The zero-order valence-corrected chi connectivity index (χ0v) is 12.3. The third-order valence-corrected chi connectivity index (χ3v) is 5.31. The summed E-state index contributed by atoms with van der Waals surface area (Å²) < 4.78 is 1.15. The van der Waals surface area contributed by atoms with Gasteiger partial charge >= 0.3 is 0 Å². The van der Waals surface area contributed by atoms with Gasteiger partial charge in [-0.15, -0.1) is 0 Å². The lowest BCUT2D eigenvalue weighted by Crippen LogP contribution is -2.34. The topological polar surface area (TPSA) is 29.3 Å². The molecular formula is C15H21BrN2. The number of likely N-dealkylation sites (tertiary alicyclic amines) is 1. The van der Waals surface area contributed by atoms with Gasteiger partial charge in [-0.1, -0.05) is 34.8 Å². The Bertz CT molecular complexity index is 433. The molecule has 2 N–H and O–H groups in total. The van der Waals surface area contributed by atoms with Crippen LogP contribution in [0.4, 0.5) is 5.69 Å². The average molecular weight is 309 g/mol. The largest absolute Gasteiger partial charge is 0.399 e. The van der Waals surface area contributed by atoms with Crippen LogP contribution in [0.1, 0.15) is 37.7 Å². The van der Waals surface area contributed by atoms with E-state index in [1.54, 1.807) is 0 Å². The van der Waals surface area contributed by atoms with Crippen LogP contribution in [-0.2, 0) is 6.54 Å². The number of hydrogen-bond donors (Lipinski definition) is 1. The molecule has 3 heteroatoms. The number of halogens is 1. The van der Waals surface area contributed by atoms with Gasteiger partial charge in [0.05, 0.1) is 0 Å². The van der Waals surface area contributed by atoms with Crippen LogP contribution in [0.25, 0.3) is 0 Å². The number of nitrogen functional groups attached to an aromatic ring is 1. The Hall–Kier alpha value is -0.540. The Morgan fingerprint density at radius 1 is 1.22 bits per heavy atom. The minimum absolute atomic E-state index is 0.836. The minimum Gasteiger partial charge on any atom is -0.399 e. The van der Waals surface area contributed by atoms with Gasteiger partial charge < -0.3 is 5.73 Å². The summed E-state index contributed by atoms with van der Waals surface area (Å²) >= 11 is 3.64. The van der Waals surface area contributed by atoms with Crippen LogP contribution in [0.2, 0.25) is 0 Å². The van der Waals surface area contributed by atoms with Crippen molar-refractivity contribution in [3.63, 3.8) is 0 Å². The van der Waals surface area contributed by atoms with Crippen molar-refractivity contribution in [3.05, 3.63) is 28.2 Å². The highest BCUT2D eigenvalue weighted by atomic mass is 79.9. The number of hydrogen-bond acceptors (Lipinski definition) is 2. The summed E-state index contributed by atoms with van der Waals surface area (Å²) in [5, 5.41) is 0. The first-order chi connectivity index (χ1) is 8.74. The van der Waals surface area contributed by atoms with Crippen LogP contribution in [-0.4, -0.2) is 17.5 Å². The lowest BCUT2D eigenvalue weighted by Gasteiger charge is -2.32. The average Bonchev–Trinajstić information content (AvgIpc) is 2.76. The number of fused-ring (bicyclic) bond motifs is 1. The Morgan fingerprint density at radius 3 is 2.89 bits per heavy atom. The molecule has 2 unspecified atom stereocenters. The van der Waals surface area contributed by atoms with Crippen LogP contribution in [0, 0.1) is 5.92 Å². The molecule has 2 aliphatic rings. The molecular weight excluding hydrogens is 288 g/mol. The predicted molar refractivity (Wildman–Crippen MR) is 79.3 cm³/mol. The lowest BCUT2D eigenvalue weighted by molar-refractivity contribution is 0.175. The van der Waals surface area contributed by atoms with Crippen molar-refractivity contribution in [2.24, 2.45) is 5.92 Å². The van der Waals surface area contributed by atoms with E-state index in [2.05, 4.69) is 26.9 Å². The highest BCUT2D eigenvalue weighted by Crippen LogP contribution is 2.37. The van der Waals surface area contributed by atoms with E-state index in [1.807, 2.05) is 12.1 Å². The number of nitrogens with zero attached hydrogens (tertiary/aromatic N) is 1. The van der Waals surface area contributed by atoms with Crippen LogP contribution in [0.3, 0.4) is 0 Å². The normalized spacial score (nSPS) is 28.3. The van der Waals surface area contributed by atoms with Crippen molar-refractivity contribution < 1.29 is 0 Å². The van der Waals surface area contributed by atoms with Gasteiger partial charge in [0.2, 0.25) is 0 Å². The van der Waals surface area contributed by atoms with Gasteiger partial charge in [-0.3, -0.25) is 4.90 Å². The quantitative estimate of drug-likeness (QED) is 0.842. The summed E-state index contributed by atoms with van der Waals surface area (Å²) in [5.41, 5.74) is 8.00. The van der Waals surface area contributed by atoms with Gasteiger partial charge in [-0.25, -0.2) is 0 Å². The molecule has 0 radical (unpaired) electrons. The molecule has 18 heavy (non-hydrogen) atoms. The molecule has 0 bridgehead atoms. The van der Waals surface area contributed by atoms with Crippen LogP contribution < -0.4 is 5.73 Å². The number of rotatable bonds is 2. The third-order valence-electron chi connectivity index (χ3n) is 4.58. The molecule has 1 aliphatic heterocycles. The lowest BCUT2D eigenvalue weighted by atomic mass is 9.85. The molecule has 0 aromatic heterocycles. The standard InChI is InChI=1S/C15H21BrN2/c16-14-9-13(17)6-5-12(14)10-18-8-7-11-3-1-2-4-15(11)18/h5-6,9,11,15H,1-4,7-8,10,17H2. The first kappa shape index (κ1) is 12.5. The summed E-state index contributed by atoms with van der Waals surface area (Å²) in [6, 6.07) is 7.02. The van der Waals surface area contributed by atoms with Gasteiger partial charge in [0, 0.05) is 22.7 Å². The van der Waals surface area contributed by atoms with E-state index in [-0.39, 0.29) is 0 Å². The zero-order valence-electron chi connectivity index (χ0n) is 10.7. The van der Waals surface area contributed by atoms with Gasteiger partial charge in [0.1, 0.15) is 0 Å². The monoisotopic (exact) mass is 308 g/mol. The highest BCUT2D eigenvalue weighted by molar-refractivity contribution is 9.10. The molecule has 1 heterocycles. The summed E-state index contributed by atoms with van der Waals surface area (Å²) in [6.45, 7) is 2.34. The summed E-state index contributed by atoms with van der Waals surface area (Å²) in [6.07, 6.45) is 7.11. The van der Waals surface area contributed by atoms with E-state index < -0.39 is 0 Å². The maximum atomic E-state index is 5.80. The predicted octanol–water partition coefficient (Wildman–Crippen LogP) is 3.80.